The molecule has 0 spiro atoms. The molecule has 0 aromatic carbocycles. The van der Waals surface area contributed by atoms with Gasteiger partial charge in [0.2, 0.25) is 23.5 Å². The molecule has 1 saturated carbocycles. The molecule has 3 saturated heterocycles. The van der Waals surface area contributed by atoms with Gasteiger partial charge in [-0.3, -0.25) is 24.0 Å². The van der Waals surface area contributed by atoms with Gasteiger partial charge in [-0.25, -0.2) is 4.79 Å². The van der Waals surface area contributed by atoms with Gasteiger partial charge in [-0.05, 0) is 54.3 Å². The highest BCUT2D eigenvalue weighted by Crippen LogP contribution is 2.65. The van der Waals surface area contributed by atoms with Gasteiger partial charge < -0.3 is 35.8 Å². The fourth-order valence-corrected chi connectivity index (χ4v) is 8.12. The predicted molar refractivity (Wildman–Crippen MR) is 198 cm³/mol. The summed E-state index contributed by atoms with van der Waals surface area (Å²) in [7, 11) is 0. The van der Waals surface area contributed by atoms with Crippen molar-refractivity contribution >= 4 is 35.4 Å². The molecule has 52 heavy (non-hydrogen) atoms. The minimum atomic E-state index is -1.11. The number of amides is 6. The van der Waals surface area contributed by atoms with Crippen LogP contribution >= 0.6 is 0 Å². The highest BCUT2D eigenvalue weighted by molar-refractivity contribution is 6.38. The van der Waals surface area contributed by atoms with E-state index in [0.717, 1.165) is 32.1 Å². The summed E-state index contributed by atoms with van der Waals surface area (Å²) in [5.74, 6) is -2.46. The van der Waals surface area contributed by atoms with Crippen LogP contribution in [0.1, 0.15) is 107 Å². The van der Waals surface area contributed by atoms with Gasteiger partial charge in [0.1, 0.15) is 12.1 Å². The van der Waals surface area contributed by atoms with E-state index in [-0.39, 0.29) is 35.1 Å². The van der Waals surface area contributed by atoms with Crippen molar-refractivity contribution in [1.82, 2.24) is 31.1 Å². The lowest BCUT2D eigenvalue weighted by atomic mass is 9.81. The Morgan fingerprint density at radius 3 is 2.38 bits per heavy atom. The molecule has 4 aliphatic rings. The Morgan fingerprint density at radius 1 is 1.06 bits per heavy atom. The number of nitrogens with one attached hydrogen (secondary N) is 4. The number of rotatable bonds is 8. The topological polar surface area (TPSA) is 166 Å². The number of ether oxygens (including phenoxy) is 1. The molecule has 13 heteroatoms. The number of hydrogen-bond donors (Lipinski definition) is 4. The third-order valence-corrected chi connectivity index (χ3v) is 11.9. The highest BCUT2D eigenvalue weighted by Gasteiger charge is 2.69. The molecule has 0 bridgehead atoms. The molecular formula is C39H64N6O7. The average Bonchev–Trinajstić information content (AvgIpc) is 3.36. The number of carbonyl (C=O) groups excluding carboxylic acids is 6. The molecule has 1 aliphatic carbocycles. The first kappa shape index (κ1) is 41.3. The van der Waals surface area contributed by atoms with Crippen molar-refractivity contribution in [2.24, 2.45) is 28.1 Å². The number of carbonyl (C=O) groups is 6. The Bertz CT molecular complexity index is 1370. The van der Waals surface area contributed by atoms with Crippen LogP contribution in [-0.4, -0.2) is 108 Å². The minimum absolute atomic E-state index is 0.0577. The number of nitrogens with zero attached hydrogens (tertiary/aromatic N) is 2. The van der Waals surface area contributed by atoms with Crippen LogP contribution in [0, 0.1) is 28.1 Å². The fraction of sp³-hybridized carbons (Fsp3) is 0.795. The molecule has 4 N–H and O–H groups in total. The summed E-state index contributed by atoms with van der Waals surface area (Å²) >= 11 is 0. The summed E-state index contributed by atoms with van der Waals surface area (Å²) < 4.78 is 6.18. The van der Waals surface area contributed by atoms with Crippen molar-refractivity contribution in [1.29, 1.82) is 0 Å². The summed E-state index contributed by atoms with van der Waals surface area (Å²) in [4.78, 5) is 84.9. The van der Waals surface area contributed by atoms with E-state index < -0.39 is 65.2 Å². The van der Waals surface area contributed by atoms with Crippen LogP contribution in [0.3, 0.4) is 0 Å². The van der Waals surface area contributed by atoms with Gasteiger partial charge in [-0.15, -0.1) is 6.58 Å². The quantitative estimate of drug-likeness (QED) is 0.220. The fourth-order valence-electron chi connectivity index (χ4n) is 8.12. The van der Waals surface area contributed by atoms with E-state index in [4.69, 9.17) is 4.74 Å². The van der Waals surface area contributed by atoms with Gasteiger partial charge in [0.15, 0.2) is 0 Å². The van der Waals surface area contributed by atoms with Crippen molar-refractivity contribution in [2.75, 3.05) is 32.8 Å². The maximum atomic E-state index is 14.6. The maximum absolute atomic E-state index is 14.6. The van der Waals surface area contributed by atoms with Crippen molar-refractivity contribution in [3.63, 3.8) is 0 Å². The molecule has 3 heterocycles. The Balaban J connectivity index is 1.57. The van der Waals surface area contributed by atoms with Gasteiger partial charge in [-0.1, -0.05) is 80.2 Å². The van der Waals surface area contributed by atoms with Gasteiger partial charge >= 0.3 is 6.03 Å². The Kier molecular flexibility index (Phi) is 13.2. The first-order valence-electron chi connectivity index (χ1n) is 19.3. The van der Waals surface area contributed by atoms with Crippen LogP contribution in [0.25, 0.3) is 0 Å². The molecule has 0 aromatic heterocycles. The second-order valence-electron chi connectivity index (χ2n) is 17.9. The number of hydrogen-bond acceptors (Lipinski definition) is 7. The highest BCUT2D eigenvalue weighted by atomic mass is 16.5. The number of likely N-dealkylation sites (tertiary alicyclic amines) is 1. The van der Waals surface area contributed by atoms with E-state index >= 15 is 0 Å². The predicted octanol–water partition coefficient (Wildman–Crippen LogP) is 3.32. The zero-order chi connectivity index (χ0) is 38.6. The zero-order valence-electron chi connectivity index (χ0n) is 32.8. The summed E-state index contributed by atoms with van der Waals surface area (Å²) in [5, 5.41) is 11.4. The van der Waals surface area contributed by atoms with Gasteiger partial charge in [0, 0.05) is 39.2 Å². The van der Waals surface area contributed by atoms with Crippen molar-refractivity contribution in [3.05, 3.63) is 12.7 Å². The number of piperidine rings is 2. The lowest BCUT2D eigenvalue weighted by Crippen LogP contribution is -2.63. The SMILES string of the molecule is C=CCNC(=O)C(=O)[C@@H]1CCCCCCCO[C@@H](C)[C@H](NC(=O)N[C@H](CN2CCC(C)(C)CC2=O)C(C)(C)C)C(=O)N2C[C@H]3[C@@H]([C@H]2C(=O)N1)C3(C)C. The normalized spacial score (nSPS) is 30.3. The number of Topliss-reactive ketones (excluding diaryl/α,β-unsaturated/α-hetero) is 1. The molecule has 0 radical (unpaired) electrons. The van der Waals surface area contributed by atoms with E-state index in [2.05, 4.69) is 55.5 Å². The molecule has 6 amide bonds. The van der Waals surface area contributed by atoms with E-state index in [0.29, 0.717) is 45.5 Å². The molecule has 4 fully saturated rings. The van der Waals surface area contributed by atoms with Crippen LogP contribution in [0.4, 0.5) is 4.79 Å². The summed E-state index contributed by atoms with van der Waals surface area (Å²) in [6, 6.07) is -3.99. The second-order valence-corrected chi connectivity index (χ2v) is 17.9. The molecule has 7 atom stereocenters. The first-order valence-corrected chi connectivity index (χ1v) is 19.3. The largest absolute Gasteiger partial charge is 0.376 e. The molecule has 0 aromatic rings. The van der Waals surface area contributed by atoms with Crippen LogP contribution in [0.2, 0.25) is 0 Å². The third kappa shape index (κ3) is 9.93. The average molecular weight is 729 g/mol. The van der Waals surface area contributed by atoms with Crippen molar-refractivity contribution in [3.8, 4) is 0 Å². The second kappa shape index (κ2) is 16.7. The standard InChI is InChI=1S/C39H64N6O7/c1-10-18-40-34(49)32(47)26-16-14-12-11-13-15-20-52-24(2)30(35(50)45-22-25-29(39(25,8)9)31(45)33(48)41-26)43-36(51)42-27(37(3,4)5)23-44-19-17-38(6,7)21-28(44)46/h10,24-27,29-31H,1,11-23H2,2-9H3,(H,40,49)(H,41,48)(H2,42,43,51)/t24-,25-,26-,27+,29-,30-,31-/m0/s1. The third-order valence-electron chi connectivity index (χ3n) is 11.9. The molecular weight excluding hydrogens is 664 g/mol. The lowest BCUT2D eigenvalue weighted by molar-refractivity contribution is -0.146. The van der Waals surface area contributed by atoms with Crippen molar-refractivity contribution < 1.29 is 33.5 Å². The van der Waals surface area contributed by atoms with Crippen molar-refractivity contribution in [2.45, 2.75) is 137 Å². The lowest BCUT2D eigenvalue weighted by Gasteiger charge is -2.41. The van der Waals surface area contributed by atoms with Gasteiger partial charge in [-0.2, -0.15) is 0 Å². The number of urea groups is 1. The molecule has 292 valence electrons. The van der Waals surface area contributed by atoms with E-state index in [9.17, 15) is 28.8 Å². The Morgan fingerprint density at radius 2 is 1.73 bits per heavy atom. The zero-order valence-corrected chi connectivity index (χ0v) is 32.8. The molecule has 4 rings (SSSR count). The van der Waals surface area contributed by atoms with Crippen LogP contribution < -0.4 is 21.3 Å². The maximum Gasteiger partial charge on any atom is 0.315 e. The summed E-state index contributed by atoms with van der Waals surface area (Å²) in [6.07, 6.45) is 6.33. The van der Waals surface area contributed by atoms with E-state index in [1.165, 1.54) is 11.0 Å². The Hall–Kier alpha value is -3.48. The molecule has 3 aliphatic heterocycles. The number of ketones is 1. The monoisotopic (exact) mass is 728 g/mol. The van der Waals surface area contributed by atoms with Crippen LogP contribution in [-0.2, 0) is 28.7 Å². The van der Waals surface area contributed by atoms with E-state index in [1.54, 1.807) is 6.92 Å². The summed E-state index contributed by atoms with van der Waals surface area (Å²) in [5.41, 5.74) is -0.671. The number of fused-ring (bicyclic) bond motifs is 3. The van der Waals surface area contributed by atoms with E-state index in [1.807, 2.05) is 25.7 Å². The first-order chi connectivity index (χ1) is 24.3. The van der Waals surface area contributed by atoms with Crippen LogP contribution in [0.15, 0.2) is 12.7 Å². The van der Waals surface area contributed by atoms with Gasteiger partial charge in [0.25, 0.3) is 5.91 Å². The molecule has 13 nitrogen and oxygen atoms in total. The minimum Gasteiger partial charge on any atom is -0.376 e. The smallest absolute Gasteiger partial charge is 0.315 e. The Labute approximate surface area is 310 Å². The molecule has 0 unspecified atom stereocenters. The van der Waals surface area contributed by atoms with Crippen LogP contribution in [0.5, 0.6) is 0 Å². The van der Waals surface area contributed by atoms with Gasteiger partial charge in [0.05, 0.1) is 18.2 Å². The summed E-state index contributed by atoms with van der Waals surface area (Å²) in [6.45, 7) is 21.4.